The first kappa shape index (κ1) is 20.3. The maximum Gasteiger partial charge on any atom is 0.231 e. The monoisotopic (exact) mass is 411 g/mol. The summed E-state index contributed by atoms with van der Waals surface area (Å²) in [6, 6.07) is 14.3. The van der Waals surface area contributed by atoms with E-state index in [1.807, 2.05) is 24.3 Å². The number of benzene rings is 2. The van der Waals surface area contributed by atoms with Crippen molar-refractivity contribution in [2.75, 3.05) is 40.7 Å². The van der Waals surface area contributed by atoms with Gasteiger partial charge in [0.05, 0.1) is 7.11 Å². The van der Waals surface area contributed by atoms with Gasteiger partial charge in [-0.3, -0.25) is 4.99 Å². The molecule has 4 rings (SSSR count). The fourth-order valence-electron chi connectivity index (χ4n) is 4.00. The van der Waals surface area contributed by atoms with Gasteiger partial charge < -0.3 is 29.6 Å². The Bertz CT molecular complexity index is 894. The Morgan fingerprint density at radius 1 is 1.07 bits per heavy atom. The Morgan fingerprint density at radius 3 is 2.70 bits per heavy atom. The molecule has 2 aliphatic rings. The molecule has 1 fully saturated rings. The molecule has 0 aliphatic carbocycles. The van der Waals surface area contributed by atoms with E-state index in [-0.39, 0.29) is 12.2 Å². The van der Waals surface area contributed by atoms with Gasteiger partial charge in [-0.15, -0.1) is 0 Å². The van der Waals surface area contributed by atoms with Crippen molar-refractivity contribution in [3.8, 4) is 17.2 Å². The van der Waals surface area contributed by atoms with Crippen LogP contribution in [0.4, 0.5) is 0 Å². The van der Waals surface area contributed by atoms with Gasteiger partial charge in [-0.2, -0.15) is 0 Å². The molecule has 2 aromatic rings. The van der Waals surface area contributed by atoms with Crippen LogP contribution in [0.2, 0.25) is 0 Å². The summed E-state index contributed by atoms with van der Waals surface area (Å²) in [4.78, 5) is 4.40. The maximum absolute atomic E-state index is 5.66. The van der Waals surface area contributed by atoms with Crippen molar-refractivity contribution in [1.82, 2.24) is 10.6 Å². The average molecular weight is 412 g/mol. The van der Waals surface area contributed by atoms with Gasteiger partial charge in [0.15, 0.2) is 17.5 Å². The summed E-state index contributed by atoms with van der Waals surface area (Å²) in [5.74, 6) is 3.24. The first-order valence-electron chi connectivity index (χ1n) is 10.3. The summed E-state index contributed by atoms with van der Waals surface area (Å²) in [5.41, 5.74) is 2.33. The van der Waals surface area contributed by atoms with Crippen molar-refractivity contribution < 1.29 is 18.9 Å². The first-order valence-corrected chi connectivity index (χ1v) is 10.3. The minimum absolute atomic E-state index is 0.0488. The molecular formula is C23H29N3O4. The van der Waals surface area contributed by atoms with E-state index in [0.29, 0.717) is 6.54 Å². The van der Waals surface area contributed by atoms with E-state index in [9.17, 15) is 0 Å². The molecule has 0 radical (unpaired) electrons. The van der Waals surface area contributed by atoms with Crippen LogP contribution in [0.25, 0.3) is 0 Å². The molecular weight excluding hydrogens is 382 g/mol. The van der Waals surface area contributed by atoms with Gasteiger partial charge in [0.2, 0.25) is 6.79 Å². The summed E-state index contributed by atoms with van der Waals surface area (Å²) < 4.78 is 22.0. The number of guanidine groups is 1. The SMILES string of the molecule is CN=C(NCc1cccc(OC)c1)NCC1(c2ccc3c(c2)OCO3)CCOCC1. The Kier molecular flexibility index (Phi) is 6.28. The number of hydrogen-bond donors (Lipinski definition) is 2. The van der Waals surface area contributed by atoms with Gasteiger partial charge in [0, 0.05) is 38.8 Å². The molecule has 7 heteroatoms. The molecule has 0 unspecified atom stereocenters. The predicted octanol–water partition coefficient (Wildman–Crippen LogP) is 2.84. The fraction of sp³-hybridized carbons (Fsp3) is 0.435. The lowest BCUT2D eigenvalue weighted by Crippen LogP contribution is -2.47. The number of fused-ring (bicyclic) bond motifs is 1. The van der Waals surface area contributed by atoms with Gasteiger partial charge in [0.1, 0.15) is 5.75 Å². The van der Waals surface area contributed by atoms with E-state index in [2.05, 4.69) is 33.8 Å². The van der Waals surface area contributed by atoms with Gasteiger partial charge in [-0.1, -0.05) is 18.2 Å². The maximum atomic E-state index is 5.66. The lowest BCUT2D eigenvalue weighted by Gasteiger charge is -2.38. The standard InChI is InChI=1S/C23H29N3O4/c1-24-22(25-14-17-4-3-5-19(12-17)27-2)26-15-23(8-10-28-11-9-23)18-6-7-20-21(13-18)30-16-29-20/h3-7,12-13H,8-11,14-16H2,1-2H3,(H2,24,25,26). The molecule has 2 N–H and O–H groups in total. The smallest absolute Gasteiger partial charge is 0.231 e. The second-order valence-corrected chi connectivity index (χ2v) is 7.59. The molecule has 2 aromatic carbocycles. The van der Waals surface area contributed by atoms with Gasteiger partial charge >= 0.3 is 0 Å². The summed E-state index contributed by atoms with van der Waals surface area (Å²) in [7, 11) is 3.47. The normalized spacial score (nSPS) is 17.5. The van der Waals surface area contributed by atoms with Crippen molar-refractivity contribution in [3.63, 3.8) is 0 Å². The lowest BCUT2D eigenvalue weighted by atomic mass is 9.74. The minimum atomic E-state index is -0.0488. The molecule has 0 atom stereocenters. The number of nitrogens with zero attached hydrogens (tertiary/aromatic N) is 1. The summed E-state index contributed by atoms with van der Waals surface area (Å²) in [6.45, 7) is 3.19. The van der Waals surface area contributed by atoms with Crippen LogP contribution in [0, 0.1) is 0 Å². The molecule has 0 amide bonds. The Labute approximate surface area is 177 Å². The van der Waals surface area contributed by atoms with E-state index in [4.69, 9.17) is 18.9 Å². The number of nitrogens with one attached hydrogen (secondary N) is 2. The zero-order chi connectivity index (χ0) is 20.8. The zero-order valence-electron chi connectivity index (χ0n) is 17.6. The highest BCUT2D eigenvalue weighted by molar-refractivity contribution is 5.79. The molecule has 0 aromatic heterocycles. The van der Waals surface area contributed by atoms with Crippen LogP contribution in [-0.2, 0) is 16.7 Å². The second kappa shape index (κ2) is 9.26. The molecule has 2 aliphatic heterocycles. The predicted molar refractivity (Wildman–Crippen MR) is 115 cm³/mol. The molecule has 160 valence electrons. The van der Waals surface area contributed by atoms with E-state index >= 15 is 0 Å². The molecule has 0 bridgehead atoms. The number of aliphatic imine (C=N–C) groups is 1. The number of methoxy groups -OCH3 is 1. The van der Waals surface area contributed by atoms with Crippen molar-refractivity contribution in [2.24, 2.45) is 4.99 Å². The molecule has 7 nitrogen and oxygen atoms in total. The van der Waals surface area contributed by atoms with Crippen LogP contribution >= 0.6 is 0 Å². The highest BCUT2D eigenvalue weighted by atomic mass is 16.7. The minimum Gasteiger partial charge on any atom is -0.497 e. The van der Waals surface area contributed by atoms with Crippen molar-refractivity contribution >= 4 is 5.96 Å². The van der Waals surface area contributed by atoms with Gasteiger partial charge in [-0.05, 0) is 48.2 Å². The quantitative estimate of drug-likeness (QED) is 0.563. The highest BCUT2D eigenvalue weighted by Crippen LogP contribution is 2.40. The van der Waals surface area contributed by atoms with Crippen molar-refractivity contribution in [2.45, 2.75) is 24.8 Å². The molecule has 0 saturated carbocycles. The van der Waals surface area contributed by atoms with Crippen LogP contribution in [0.5, 0.6) is 17.2 Å². The number of hydrogen-bond acceptors (Lipinski definition) is 5. The van der Waals surface area contributed by atoms with Crippen LogP contribution in [0.3, 0.4) is 0 Å². The van der Waals surface area contributed by atoms with E-state index in [1.165, 1.54) is 5.56 Å². The topological polar surface area (TPSA) is 73.3 Å². The second-order valence-electron chi connectivity index (χ2n) is 7.59. The Balaban J connectivity index is 1.44. The van der Waals surface area contributed by atoms with E-state index in [0.717, 1.165) is 61.4 Å². The first-order chi connectivity index (χ1) is 14.7. The summed E-state index contributed by atoms with van der Waals surface area (Å²) in [5, 5.41) is 6.92. The number of rotatable bonds is 6. The average Bonchev–Trinajstić information content (AvgIpc) is 3.28. The van der Waals surface area contributed by atoms with E-state index < -0.39 is 0 Å². The fourth-order valence-corrected chi connectivity index (χ4v) is 4.00. The highest BCUT2D eigenvalue weighted by Gasteiger charge is 2.35. The van der Waals surface area contributed by atoms with Crippen LogP contribution in [0.15, 0.2) is 47.5 Å². The Hall–Kier alpha value is -2.93. The third-order valence-corrected chi connectivity index (χ3v) is 5.85. The molecule has 30 heavy (non-hydrogen) atoms. The zero-order valence-corrected chi connectivity index (χ0v) is 17.6. The Morgan fingerprint density at radius 2 is 1.90 bits per heavy atom. The summed E-state index contributed by atoms with van der Waals surface area (Å²) in [6.07, 6.45) is 1.87. The summed E-state index contributed by atoms with van der Waals surface area (Å²) >= 11 is 0. The third-order valence-electron chi connectivity index (χ3n) is 5.85. The lowest BCUT2D eigenvalue weighted by molar-refractivity contribution is 0.0513. The molecule has 1 saturated heterocycles. The number of ether oxygens (including phenoxy) is 4. The van der Waals surface area contributed by atoms with Crippen LogP contribution < -0.4 is 24.8 Å². The van der Waals surface area contributed by atoms with Gasteiger partial charge in [0.25, 0.3) is 0 Å². The molecule has 0 spiro atoms. The van der Waals surface area contributed by atoms with Crippen molar-refractivity contribution in [3.05, 3.63) is 53.6 Å². The van der Waals surface area contributed by atoms with Crippen LogP contribution in [-0.4, -0.2) is 46.7 Å². The third kappa shape index (κ3) is 4.46. The van der Waals surface area contributed by atoms with Gasteiger partial charge in [-0.25, -0.2) is 0 Å². The van der Waals surface area contributed by atoms with Crippen LogP contribution in [0.1, 0.15) is 24.0 Å². The molecule has 2 heterocycles. The largest absolute Gasteiger partial charge is 0.497 e. The van der Waals surface area contributed by atoms with E-state index in [1.54, 1.807) is 14.2 Å². The van der Waals surface area contributed by atoms with Crippen molar-refractivity contribution in [1.29, 1.82) is 0 Å².